The number of rotatable bonds is 6. The number of cyclic esters (lactones) is 1. The lowest BCUT2D eigenvalue weighted by Gasteiger charge is -2.48. The van der Waals surface area contributed by atoms with Crippen molar-refractivity contribution in [3.63, 3.8) is 0 Å². The Balaban J connectivity index is 2.32. The molecule has 15 nitrogen and oxygen atoms in total. The van der Waals surface area contributed by atoms with Gasteiger partial charge in [0.25, 0.3) is 0 Å². The second kappa shape index (κ2) is 16.7. The number of nitrogens with zero attached hydrogens (tertiary/aromatic N) is 3. The highest BCUT2D eigenvalue weighted by Gasteiger charge is 2.53. The second-order valence-corrected chi connectivity index (χ2v) is 14.9. The molecule has 0 spiro atoms. The number of Topliss-reactive ketones (excluding diaryl/α,β-unsaturated/α-hetero) is 1. The van der Waals surface area contributed by atoms with Crippen LogP contribution in [-0.2, 0) is 42.8 Å². The first kappa shape index (κ1) is 41.6. The molecule has 0 aromatic rings. The van der Waals surface area contributed by atoms with Crippen LogP contribution in [0.4, 0.5) is 0 Å². The summed E-state index contributed by atoms with van der Waals surface area (Å²) in [6.45, 7) is 18.5. The Bertz CT molecular complexity index is 1300. The molecular formula is C35H57N3O12. The van der Waals surface area contributed by atoms with Crippen LogP contribution in [0.15, 0.2) is 17.3 Å². The normalized spacial score (nSPS) is 41.9. The molecule has 0 saturated carbocycles. The summed E-state index contributed by atoms with van der Waals surface area (Å²) in [5, 5.41) is 27.0. The molecule has 0 aromatic carbocycles. The molecule has 0 aliphatic carbocycles. The molecule has 50 heavy (non-hydrogen) atoms. The van der Waals surface area contributed by atoms with Crippen molar-refractivity contribution in [3.05, 3.63) is 22.3 Å². The molecule has 0 unspecified atom stereocenters. The average molecular weight is 712 g/mol. The number of hydrogen-bond donors (Lipinski definition) is 1. The van der Waals surface area contributed by atoms with E-state index < -0.39 is 88.3 Å². The van der Waals surface area contributed by atoms with Gasteiger partial charge < -0.3 is 38.4 Å². The minimum Gasteiger partial charge on any atom is -0.459 e. The zero-order valence-electron chi connectivity index (χ0n) is 31.4. The Labute approximate surface area is 295 Å². The van der Waals surface area contributed by atoms with E-state index in [2.05, 4.69) is 11.7 Å². The summed E-state index contributed by atoms with van der Waals surface area (Å²) in [7, 11) is 3.71. The number of fused-ring (bicyclic) bond motifs is 5. The number of nitro groups is 1. The van der Waals surface area contributed by atoms with Crippen LogP contribution >= 0.6 is 0 Å². The lowest BCUT2D eigenvalue weighted by atomic mass is 9.74. The van der Waals surface area contributed by atoms with Gasteiger partial charge >= 0.3 is 11.9 Å². The van der Waals surface area contributed by atoms with E-state index in [0.717, 1.165) is 0 Å². The lowest BCUT2D eigenvalue weighted by Crippen LogP contribution is -2.60. The summed E-state index contributed by atoms with van der Waals surface area (Å²) in [5.41, 5.74) is -2.70. The number of hydrogen-bond acceptors (Lipinski definition) is 13. The van der Waals surface area contributed by atoms with Crippen LogP contribution < -0.4 is 0 Å². The number of likely N-dealkylation sites (N-methyl/N-ethyl adjacent to an activating group) is 1. The molecule has 0 amide bonds. The van der Waals surface area contributed by atoms with Gasteiger partial charge in [-0.25, -0.2) is 10.1 Å². The summed E-state index contributed by atoms with van der Waals surface area (Å²) >= 11 is 0. The summed E-state index contributed by atoms with van der Waals surface area (Å²) in [6.07, 6.45) is -5.13. The SMILES string of the molecule is C=C1CO[C@H]2[C@@H](C)/C(=N/[N+](=O)[O-])[C@H](C)C[C@@](C)(OC1)[C@H](O[C@@H]1O[C@H](C)C[C@H](N(C)C)[C@H]1OC(C)=O)[C@@H](C)C(=O)[C@@H](C)C(=O)O[C@H](CC)[C@@]2(C)O. The Kier molecular flexibility index (Phi) is 13.9. The van der Waals surface area contributed by atoms with E-state index >= 15 is 0 Å². The van der Waals surface area contributed by atoms with Crippen molar-refractivity contribution in [2.75, 3.05) is 27.3 Å². The number of ketones is 1. The predicted molar refractivity (Wildman–Crippen MR) is 182 cm³/mol. The molecular weight excluding hydrogens is 654 g/mol. The smallest absolute Gasteiger partial charge is 0.316 e. The van der Waals surface area contributed by atoms with E-state index in [-0.39, 0.29) is 43.9 Å². The van der Waals surface area contributed by atoms with Crippen molar-refractivity contribution in [2.45, 2.75) is 136 Å². The zero-order valence-corrected chi connectivity index (χ0v) is 31.4. The number of aliphatic hydroxyl groups is 1. The van der Waals surface area contributed by atoms with Gasteiger partial charge in [0, 0.05) is 24.7 Å². The molecule has 284 valence electrons. The fourth-order valence-electron chi connectivity index (χ4n) is 7.79. The maximum Gasteiger partial charge on any atom is 0.316 e. The van der Waals surface area contributed by atoms with Gasteiger partial charge in [0.15, 0.2) is 23.2 Å². The van der Waals surface area contributed by atoms with Gasteiger partial charge in [-0.1, -0.05) is 34.3 Å². The maximum atomic E-state index is 14.3. The van der Waals surface area contributed by atoms with E-state index in [1.807, 2.05) is 25.9 Å². The van der Waals surface area contributed by atoms with Crippen LogP contribution in [-0.4, -0.2) is 120 Å². The topological polar surface area (TPSA) is 186 Å². The maximum absolute atomic E-state index is 14.3. The summed E-state index contributed by atoms with van der Waals surface area (Å²) in [6, 6.07) is -0.307. The third kappa shape index (κ3) is 9.34. The monoisotopic (exact) mass is 711 g/mol. The molecule has 1 N–H and O–H groups in total. The van der Waals surface area contributed by atoms with Crippen molar-refractivity contribution in [1.29, 1.82) is 0 Å². The summed E-state index contributed by atoms with van der Waals surface area (Å²) in [5.74, 6) is -5.81. The third-order valence-corrected chi connectivity index (χ3v) is 10.4. The highest BCUT2D eigenvalue weighted by molar-refractivity contribution is 6.00. The van der Waals surface area contributed by atoms with E-state index in [9.17, 15) is 29.6 Å². The molecule has 13 atom stereocenters. The number of ether oxygens (including phenoxy) is 6. The highest BCUT2D eigenvalue weighted by atomic mass is 16.7. The molecule has 15 heteroatoms. The van der Waals surface area contributed by atoms with Gasteiger partial charge in [0.2, 0.25) is 0 Å². The second-order valence-electron chi connectivity index (χ2n) is 14.9. The van der Waals surface area contributed by atoms with E-state index in [1.165, 1.54) is 20.8 Å². The molecule has 2 bridgehead atoms. The number of hydrazone groups is 1. The van der Waals surface area contributed by atoms with Crippen LogP contribution in [0.5, 0.6) is 0 Å². The van der Waals surface area contributed by atoms with E-state index in [0.29, 0.717) is 12.0 Å². The van der Waals surface area contributed by atoms with Crippen LogP contribution in [0.2, 0.25) is 0 Å². The number of esters is 2. The predicted octanol–water partition coefficient (Wildman–Crippen LogP) is 3.32. The number of carbonyl (C=O) groups is 3. The first-order valence-electron chi connectivity index (χ1n) is 17.4. The summed E-state index contributed by atoms with van der Waals surface area (Å²) < 4.78 is 37.6. The third-order valence-electron chi connectivity index (χ3n) is 10.4. The quantitative estimate of drug-likeness (QED) is 0.139. The van der Waals surface area contributed by atoms with Gasteiger partial charge in [-0.15, -0.1) is 0 Å². The van der Waals surface area contributed by atoms with Crippen molar-refractivity contribution >= 4 is 23.4 Å². The Morgan fingerprint density at radius 2 is 1.78 bits per heavy atom. The van der Waals surface area contributed by atoms with E-state index in [4.69, 9.17) is 28.4 Å². The molecule has 3 fully saturated rings. The van der Waals surface area contributed by atoms with Gasteiger partial charge in [0.1, 0.15) is 17.6 Å². The minimum absolute atomic E-state index is 0.0437. The molecule has 3 rings (SSSR count). The molecule has 3 aliphatic heterocycles. The van der Waals surface area contributed by atoms with Crippen molar-refractivity contribution < 1.29 is 52.9 Å². The first-order valence-corrected chi connectivity index (χ1v) is 17.4. The fraction of sp³-hybridized carbons (Fsp3) is 0.829. The summed E-state index contributed by atoms with van der Waals surface area (Å²) in [4.78, 5) is 54.2. The van der Waals surface area contributed by atoms with Gasteiger partial charge in [-0.2, -0.15) is 0 Å². The van der Waals surface area contributed by atoms with Gasteiger partial charge in [-0.05, 0) is 66.6 Å². The number of carbonyl (C=O) groups excluding carboxylic acids is 3. The Morgan fingerprint density at radius 3 is 2.34 bits per heavy atom. The van der Waals surface area contributed by atoms with Crippen molar-refractivity contribution in [3.8, 4) is 0 Å². The first-order chi connectivity index (χ1) is 23.1. The molecule has 3 saturated heterocycles. The standard InChI is InChI=1S/C35H57N3O12/c1-13-26-35(10,42)31-21(5)27(36-38(43)44)19(3)15-34(9,46-17-18(2)16-45-31)30(22(6)28(40)23(7)32(41)49-26)50-33-29(48-24(8)39)25(37(11)12)14-20(4)47-33/h19-23,25-26,29-31,33,42H,2,13-17H2,1,3-12H3/b36-27+/t19-,20-,21+,22+,23-,25+,26-,29-,30-,31+,33+,34-,35-/m1/s1. The van der Waals surface area contributed by atoms with Crippen LogP contribution in [0.1, 0.15) is 81.6 Å². The minimum atomic E-state index is -1.87. The fourth-order valence-corrected chi connectivity index (χ4v) is 7.79. The van der Waals surface area contributed by atoms with Gasteiger partial charge in [0.05, 0.1) is 54.0 Å². The van der Waals surface area contributed by atoms with Crippen molar-refractivity contribution in [2.24, 2.45) is 28.8 Å². The average Bonchev–Trinajstić information content (AvgIpc) is 3.03. The zero-order chi connectivity index (χ0) is 37.9. The Hall–Kier alpha value is -2.82. The van der Waals surface area contributed by atoms with Crippen LogP contribution in [0, 0.1) is 33.8 Å². The Morgan fingerprint density at radius 1 is 1.14 bits per heavy atom. The van der Waals surface area contributed by atoms with Gasteiger partial charge in [-0.3, -0.25) is 14.4 Å². The van der Waals surface area contributed by atoms with E-state index in [1.54, 1.807) is 34.6 Å². The highest BCUT2D eigenvalue weighted by Crippen LogP contribution is 2.40. The molecule has 0 radical (unpaired) electrons. The van der Waals surface area contributed by atoms with Crippen molar-refractivity contribution in [1.82, 2.24) is 4.90 Å². The lowest BCUT2D eigenvalue weighted by molar-refractivity contribution is -0.485. The van der Waals surface area contributed by atoms with Crippen LogP contribution in [0.25, 0.3) is 0 Å². The molecule has 3 aliphatic rings. The molecule has 0 aromatic heterocycles. The van der Waals surface area contributed by atoms with Crippen LogP contribution in [0.3, 0.4) is 0 Å². The largest absolute Gasteiger partial charge is 0.459 e. The molecule has 3 heterocycles.